The third-order valence-corrected chi connectivity index (χ3v) is 7.52. The quantitative estimate of drug-likeness (QED) is 0.761. The van der Waals surface area contributed by atoms with E-state index >= 15 is 0 Å². The second-order valence-corrected chi connectivity index (χ2v) is 9.98. The summed E-state index contributed by atoms with van der Waals surface area (Å²) in [5.74, 6) is 3.29. The Morgan fingerprint density at radius 2 is 1.74 bits per heavy atom. The van der Waals surface area contributed by atoms with E-state index in [-0.39, 0.29) is 16.6 Å². The van der Waals surface area contributed by atoms with Crippen LogP contribution in [0.5, 0.6) is 0 Å². The zero-order chi connectivity index (χ0) is 18.4. The lowest BCUT2D eigenvalue weighted by Crippen LogP contribution is -2.48. The van der Waals surface area contributed by atoms with Crippen LogP contribution in [0.25, 0.3) is 0 Å². The molecule has 0 saturated heterocycles. The average Bonchev–Trinajstić information content (AvgIpc) is 3.11. The minimum atomic E-state index is -0.296. The van der Waals surface area contributed by atoms with Crippen molar-refractivity contribution >= 4 is 23.4 Å². The lowest BCUT2D eigenvalue weighted by atomic mass is 9.49. The molecule has 0 unspecified atom stereocenters. The van der Waals surface area contributed by atoms with Gasteiger partial charge in [0.15, 0.2) is 0 Å². The first-order valence-electron chi connectivity index (χ1n) is 9.96. The zero-order valence-corrected chi connectivity index (χ0v) is 16.4. The summed E-state index contributed by atoms with van der Waals surface area (Å²) in [4.78, 5) is 12.4. The Morgan fingerprint density at radius 3 is 2.37 bits per heavy atom. The van der Waals surface area contributed by atoms with E-state index in [0.29, 0.717) is 5.22 Å². The normalized spacial score (nSPS) is 32.4. The topological polar surface area (TPSA) is 68.0 Å². The molecule has 6 heteroatoms. The van der Waals surface area contributed by atoms with Crippen LogP contribution >= 0.6 is 11.8 Å². The van der Waals surface area contributed by atoms with Gasteiger partial charge in [-0.2, -0.15) is 0 Å². The van der Waals surface area contributed by atoms with Gasteiger partial charge in [0.2, 0.25) is 11.8 Å². The minimum absolute atomic E-state index is 0.0549. The van der Waals surface area contributed by atoms with E-state index in [2.05, 4.69) is 15.5 Å². The fourth-order valence-corrected chi connectivity index (χ4v) is 6.50. The molecule has 0 aliphatic heterocycles. The Labute approximate surface area is 163 Å². The fraction of sp³-hybridized carbons (Fsp3) is 0.571. The van der Waals surface area contributed by atoms with Crippen LogP contribution in [0, 0.1) is 17.8 Å². The molecule has 1 atom stereocenters. The maximum atomic E-state index is 12.4. The highest BCUT2D eigenvalue weighted by molar-refractivity contribution is 8.00. The van der Waals surface area contributed by atoms with E-state index in [0.717, 1.165) is 29.3 Å². The van der Waals surface area contributed by atoms with Crippen LogP contribution < -0.4 is 5.32 Å². The number of carbonyl (C=O) groups excluding carboxylic acids is 1. The second-order valence-electron chi connectivity index (χ2n) is 8.69. The Hall–Kier alpha value is -1.82. The van der Waals surface area contributed by atoms with Crippen molar-refractivity contribution < 1.29 is 9.21 Å². The van der Waals surface area contributed by atoms with Crippen molar-refractivity contribution in [3.63, 3.8) is 0 Å². The minimum Gasteiger partial charge on any atom is -0.415 e. The maximum absolute atomic E-state index is 12.4. The molecule has 2 aromatic rings. The summed E-state index contributed by atoms with van der Waals surface area (Å²) in [5.41, 5.74) is 0.908. The van der Waals surface area contributed by atoms with Crippen molar-refractivity contribution in [2.45, 2.75) is 61.3 Å². The molecule has 1 N–H and O–H groups in total. The summed E-state index contributed by atoms with van der Waals surface area (Å²) in [6, 6.07) is 9.50. The van der Waals surface area contributed by atoms with Crippen LogP contribution in [0.1, 0.15) is 51.3 Å². The van der Waals surface area contributed by atoms with Gasteiger partial charge in [-0.3, -0.25) is 4.79 Å². The van der Waals surface area contributed by atoms with Gasteiger partial charge in [0.05, 0.1) is 5.25 Å². The van der Waals surface area contributed by atoms with Gasteiger partial charge < -0.3 is 9.73 Å². The third kappa shape index (κ3) is 3.28. The van der Waals surface area contributed by atoms with Crippen LogP contribution in [-0.2, 0) is 10.2 Å². The van der Waals surface area contributed by atoms with E-state index in [1.165, 1.54) is 50.3 Å². The fourth-order valence-electron chi connectivity index (χ4n) is 5.81. The van der Waals surface area contributed by atoms with E-state index in [1.54, 1.807) is 0 Å². The number of benzene rings is 1. The van der Waals surface area contributed by atoms with Crippen LogP contribution in [0.15, 0.2) is 40.0 Å². The van der Waals surface area contributed by atoms with Crippen LogP contribution in [0.3, 0.4) is 0 Å². The molecule has 0 spiro atoms. The number of nitrogens with one attached hydrogen (secondary N) is 1. The molecule has 6 rings (SSSR count). The third-order valence-electron chi connectivity index (χ3n) is 6.59. The summed E-state index contributed by atoms with van der Waals surface area (Å²) < 4.78 is 6.10. The standard InChI is InChI=1S/C21H25N3O2S/c1-13(18(25)22-17-5-3-2-4-6-17)27-20-24-23-19(26-20)21-10-14-7-15(11-21)9-16(8-14)12-21/h2-6,13-16H,7-12H2,1H3,(H,22,25)/t13-,14?,15?,16?,21?/m0/s1. The Kier molecular flexibility index (Phi) is 4.26. The number of rotatable bonds is 5. The average molecular weight is 384 g/mol. The Balaban J connectivity index is 1.26. The van der Waals surface area contributed by atoms with Gasteiger partial charge in [0, 0.05) is 11.1 Å². The molecule has 1 amide bonds. The van der Waals surface area contributed by atoms with Crippen molar-refractivity contribution in [2.24, 2.45) is 17.8 Å². The number of anilines is 1. The summed E-state index contributed by atoms with van der Waals surface area (Å²) in [5, 5.41) is 11.8. The molecule has 1 heterocycles. The predicted molar refractivity (Wildman–Crippen MR) is 105 cm³/mol. The number of hydrogen-bond acceptors (Lipinski definition) is 5. The number of carbonyl (C=O) groups is 1. The molecule has 1 aromatic carbocycles. The number of aromatic nitrogens is 2. The summed E-state index contributed by atoms with van der Waals surface area (Å²) in [7, 11) is 0. The highest BCUT2D eigenvalue weighted by Crippen LogP contribution is 2.60. The van der Waals surface area contributed by atoms with Gasteiger partial charge in [-0.15, -0.1) is 10.2 Å². The largest absolute Gasteiger partial charge is 0.415 e. The summed E-state index contributed by atoms with van der Waals surface area (Å²) in [6.07, 6.45) is 7.79. The van der Waals surface area contributed by atoms with Gasteiger partial charge in [-0.1, -0.05) is 30.0 Å². The molecule has 0 radical (unpaired) electrons. The van der Waals surface area contributed by atoms with Crippen molar-refractivity contribution in [3.8, 4) is 0 Å². The molecule has 1 aromatic heterocycles. The molecular weight excluding hydrogens is 358 g/mol. The first-order chi connectivity index (χ1) is 13.1. The monoisotopic (exact) mass is 383 g/mol. The number of hydrogen-bond donors (Lipinski definition) is 1. The molecular formula is C21H25N3O2S. The Morgan fingerprint density at radius 1 is 1.11 bits per heavy atom. The highest BCUT2D eigenvalue weighted by atomic mass is 32.2. The molecule has 4 aliphatic carbocycles. The molecule has 5 nitrogen and oxygen atoms in total. The SMILES string of the molecule is C[C@H](Sc1nnc(C23CC4CC(CC(C4)C2)C3)o1)C(=O)Nc1ccccc1. The summed E-state index contributed by atoms with van der Waals surface area (Å²) in [6.45, 7) is 1.87. The van der Waals surface area contributed by atoms with Crippen molar-refractivity contribution in [1.29, 1.82) is 0 Å². The molecule has 142 valence electrons. The van der Waals surface area contributed by atoms with E-state index in [1.807, 2.05) is 37.3 Å². The van der Waals surface area contributed by atoms with Gasteiger partial charge in [-0.25, -0.2) is 0 Å². The van der Waals surface area contributed by atoms with Gasteiger partial charge in [0.1, 0.15) is 0 Å². The number of amides is 1. The van der Waals surface area contributed by atoms with Gasteiger partial charge in [0.25, 0.3) is 5.22 Å². The van der Waals surface area contributed by atoms with Crippen molar-refractivity contribution in [1.82, 2.24) is 10.2 Å². The van der Waals surface area contributed by atoms with Crippen molar-refractivity contribution in [2.75, 3.05) is 5.32 Å². The van der Waals surface area contributed by atoms with Crippen LogP contribution in [0.2, 0.25) is 0 Å². The molecule has 27 heavy (non-hydrogen) atoms. The van der Waals surface area contributed by atoms with Gasteiger partial charge in [-0.05, 0) is 75.3 Å². The van der Waals surface area contributed by atoms with E-state index in [4.69, 9.17) is 4.42 Å². The van der Waals surface area contributed by atoms with Crippen LogP contribution in [0.4, 0.5) is 5.69 Å². The molecule has 4 fully saturated rings. The van der Waals surface area contributed by atoms with E-state index < -0.39 is 0 Å². The van der Waals surface area contributed by atoms with Crippen LogP contribution in [-0.4, -0.2) is 21.4 Å². The molecule has 4 aliphatic rings. The Bertz CT molecular complexity index is 800. The summed E-state index contributed by atoms with van der Waals surface area (Å²) >= 11 is 1.34. The molecule has 4 bridgehead atoms. The smallest absolute Gasteiger partial charge is 0.277 e. The predicted octanol–water partition coefficient (Wildman–Crippen LogP) is 4.66. The van der Waals surface area contributed by atoms with Gasteiger partial charge >= 0.3 is 0 Å². The lowest BCUT2D eigenvalue weighted by molar-refractivity contribution is -0.115. The number of nitrogens with zero attached hydrogens (tertiary/aromatic N) is 2. The number of thioether (sulfide) groups is 1. The first-order valence-corrected chi connectivity index (χ1v) is 10.8. The number of para-hydroxylation sites is 1. The van der Waals surface area contributed by atoms with Crippen molar-refractivity contribution in [3.05, 3.63) is 36.2 Å². The first kappa shape index (κ1) is 17.3. The highest BCUT2D eigenvalue weighted by Gasteiger charge is 2.54. The zero-order valence-electron chi connectivity index (χ0n) is 15.6. The van der Waals surface area contributed by atoms with E-state index in [9.17, 15) is 4.79 Å². The maximum Gasteiger partial charge on any atom is 0.277 e. The lowest BCUT2D eigenvalue weighted by Gasteiger charge is -2.55. The second kappa shape index (κ2) is 6.66. The molecule has 4 saturated carbocycles.